The monoisotopic (exact) mass is 334 g/mol. The van der Waals surface area contributed by atoms with Crippen LogP contribution in [0.4, 0.5) is 0 Å². The molecule has 0 saturated carbocycles. The van der Waals surface area contributed by atoms with Crippen molar-refractivity contribution in [2.45, 2.75) is 53.1 Å². The number of nitrogens with two attached hydrogens (primary N) is 1. The summed E-state index contributed by atoms with van der Waals surface area (Å²) in [5.41, 5.74) is 6.73. The summed E-state index contributed by atoms with van der Waals surface area (Å²) in [5, 5.41) is 2.79. The number of ether oxygens (including phenoxy) is 1. The van der Waals surface area contributed by atoms with Gasteiger partial charge in [-0.15, -0.1) is 0 Å². The van der Waals surface area contributed by atoms with Gasteiger partial charge in [0.1, 0.15) is 6.04 Å². The van der Waals surface area contributed by atoms with Crippen LogP contribution >= 0.6 is 0 Å². The van der Waals surface area contributed by atoms with Gasteiger partial charge in [-0.05, 0) is 30.2 Å². The van der Waals surface area contributed by atoms with Crippen molar-refractivity contribution in [1.82, 2.24) is 5.32 Å². The molecule has 1 aromatic carbocycles. The summed E-state index contributed by atoms with van der Waals surface area (Å²) in [6, 6.07) is 8.44. The summed E-state index contributed by atoms with van der Waals surface area (Å²) in [4.78, 5) is 24.7. The standard InChI is InChI=1S/C19H30N2O3/c1-6-24-18(23)15(21-17(22)16(20)19(3,4)5)13(2)12-14-10-8-7-9-11-14/h7-11,13,15-16H,6,12,20H2,1-5H3,(H,21,22)/t13-,15-,16+/m0/s1. The van der Waals surface area contributed by atoms with E-state index in [1.807, 2.05) is 58.0 Å². The predicted molar refractivity (Wildman–Crippen MR) is 95.3 cm³/mol. The van der Waals surface area contributed by atoms with Crippen LogP contribution in [0.15, 0.2) is 30.3 Å². The Hall–Kier alpha value is -1.88. The molecule has 0 aromatic heterocycles. The molecule has 0 unspecified atom stereocenters. The lowest BCUT2D eigenvalue weighted by atomic mass is 9.86. The molecule has 0 fully saturated rings. The van der Waals surface area contributed by atoms with E-state index in [0.29, 0.717) is 6.42 Å². The van der Waals surface area contributed by atoms with Crippen molar-refractivity contribution in [3.8, 4) is 0 Å². The molecule has 0 saturated heterocycles. The van der Waals surface area contributed by atoms with Gasteiger partial charge in [0.2, 0.25) is 5.91 Å². The van der Waals surface area contributed by atoms with Crippen LogP contribution in [0, 0.1) is 11.3 Å². The van der Waals surface area contributed by atoms with Crippen molar-refractivity contribution in [3.63, 3.8) is 0 Å². The van der Waals surface area contributed by atoms with Crippen molar-refractivity contribution in [2.24, 2.45) is 17.1 Å². The van der Waals surface area contributed by atoms with E-state index in [2.05, 4.69) is 5.32 Å². The van der Waals surface area contributed by atoms with Crippen LogP contribution in [-0.4, -0.2) is 30.6 Å². The fourth-order valence-electron chi connectivity index (χ4n) is 2.41. The minimum absolute atomic E-state index is 0.109. The van der Waals surface area contributed by atoms with E-state index < -0.39 is 18.1 Å². The zero-order valence-electron chi connectivity index (χ0n) is 15.3. The second-order valence-corrected chi connectivity index (χ2v) is 7.25. The average molecular weight is 334 g/mol. The maximum atomic E-state index is 12.4. The van der Waals surface area contributed by atoms with Gasteiger partial charge in [0.15, 0.2) is 0 Å². The highest BCUT2D eigenvalue weighted by Gasteiger charge is 2.33. The summed E-state index contributed by atoms with van der Waals surface area (Å²) >= 11 is 0. The molecule has 0 bridgehead atoms. The predicted octanol–water partition coefficient (Wildman–Crippen LogP) is 2.29. The summed E-state index contributed by atoms with van der Waals surface area (Å²) in [6.45, 7) is 9.63. The molecule has 24 heavy (non-hydrogen) atoms. The first kappa shape index (κ1) is 20.2. The summed E-state index contributed by atoms with van der Waals surface area (Å²) in [6.07, 6.45) is 0.662. The molecule has 0 heterocycles. The summed E-state index contributed by atoms with van der Waals surface area (Å²) in [5.74, 6) is -0.863. The van der Waals surface area contributed by atoms with Crippen molar-refractivity contribution in [2.75, 3.05) is 6.61 Å². The van der Waals surface area contributed by atoms with Gasteiger partial charge in [0, 0.05) is 0 Å². The molecule has 134 valence electrons. The molecule has 1 aromatic rings. The highest BCUT2D eigenvalue weighted by Crippen LogP contribution is 2.19. The molecule has 5 nitrogen and oxygen atoms in total. The number of hydrogen-bond donors (Lipinski definition) is 2. The SMILES string of the molecule is CCOC(=O)[C@@H](NC(=O)[C@@H](N)C(C)(C)C)[C@@H](C)Cc1ccccc1. The third-order valence-electron chi connectivity index (χ3n) is 4.02. The van der Waals surface area contributed by atoms with Gasteiger partial charge >= 0.3 is 5.97 Å². The fraction of sp³-hybridized carbons (Fsp3) is 0.579. The van der Waals surface area contributed by atoms with Gasteiger partial charge < -0.3 is 15.8 Å². The van der Waals surface area contributed by atoms with Crippen LogP contribution in [0.25, 0.3) is 0 Å². The molecule has 1 amide bonds. The molecule has 3 atom stereocenters. The van der Waals surface area contributed by atoms with Crippen LogP contribution < -0.4 is 11.1 Å². The largest absolute Gasteiger partial charge is 0.464 e. The highest BCUT2D eigenvalue weighted by molar-refractivity contribution is 5.88. The Morgan fingerprint density at radius 3 is 2.29 bits per heavy atom. The lowest BCUT2D eigenvalue weighted by Gasteiger charge is -2.29. The Morgan fingerprint density at radius 2 is 1.79 bits per heavy atom. The Labute approximate surface area is 145 Å². The van der Waals surface area contributed by atoms with Crippen LogP contribution in [0.1, 0.15) is 40.2 Å². The van der Waals surface area contributed by atoms with Crippen molar-refractivity contribution in [3.05, 3.63) is 35.9 Å². The lowest BCUT2D eigenvalue weighted by molar-refractivity contribution is -0.149. The number of carbonyl (C=O) groups is 2. The molecular formula is C19H30N2O3. The van der Waals surface area contributed by atoms with E-state index in [1.165, 1.54) is 0 Å². The molecule has 5 heteroatoms. The van der Waals surface area contributed by atoms with Crippen molar-refractivity contribution < 1.29 is 14.3 Å². The van der Waals surface area contributed by atoms with E-state index in [9.17, 15) is 9.59 Å². The zero-order chi connectivity index (χ0) is 18.3. The number of amides is 1. The maximum absolute atomic E-state index is 12.4. The first-order valence-electron chi connectivity index (χ1n) is 8.43. The molecule has 0 aliphatic heterocycles. The van der Waals surface area contributed by atoms with Gasteiger partial charge in [0.05, 0.1) is 12.6 Å². The molecular weight excluding hydrogens is 304 g/mol. The minimum Gasteiger partial charge on any atom is -0.464 e. The normalized spacial score (nSPS) is 15.2. The molecule has 1 rings (SSSR count). The summed E-state index contributed by atoms with van der Waals surface area (Å²) in [7, 11) is 0. The molecule has 0 spiro atoms. The second kappa shape index (κ2) is 8.83. The molecule has 0 aliphatic carbocycles. The minimum atomic E-state index is -0.717. The van der Waals surface area contributed by atoms with E-state index in [4.69, 9.17) is 10.5 Å². The molecule has 3 N–H and O–H groups in total. The van der Waals surface area contributed by atoms with Crippen LogP contribution in [0.3, 0.4) is 0 Å². The van der Waals surface area contributed by atoms with Crippen LogP contribution in [0.2, 0.25) is 0 Å². The second-order valence-electron chi connectivity index (χ2n) is 7.25. The Balaban J connectivity index is 2.87. The number of hydrogen-bond acceptors (Lipinski definition) is 4. The lowest BCUT2D eigenvalue weighted by Crippen LogP contribution is -2.55. The third-order valence-corrected chi connectivity index (χ3v) is 4.02. The zero-order valence-corrected chi connectivity index (χ0v) is 15.3. The quantitative estimate of drug-likeness (QED) is 0.750. The van der Waals surface area contributed by atoms with Crippen molar-refractivity contribution in [1.29, 1.82) is 0 Å². The van der Waals surface area contributed by atoms with Crippen molar-refractivity contribution >= 4 is 11.9 Å². The van der Waals surface area contributed by atoms with Gasteiger partial charge in [-0.2, -0.15) is 0 Å². The van der Waals surface area contributed by atoms with E-state index in [1.54, 1.807) is 6.92 Å². The van der Waals surface area contributed by atoms with Gasteiger partial charge in [-0.3, -0.25) is 4.79 Å². The molecule has 0 radical (unpaired) electrons. The Bertz CT molecular complexity index is 537. The third kappa shape index (κ3) is 5.96. The number of benzene rings is 1. The first-order chi connectivity index (χ1) is 11.2. The van der Waals surface area contributed by atoms with Gasteiger partial charge in [0.25, 0.3) is 0 Å². The summed E-state index contributed by atoms with van der Waals surface area (Å²) < 4.78 is 5.13. The van der Waals surface area contributed by atoms with E-state index in [0.717, 1.165) is 5.56 Å². The molecule has 0 aliphatic rings. The fourth-order valence-corrected chi connectivity index (χ4v) is 2.41. The number of carbonyl (C=O) groups excluding carboxylic acids is 2. The smallest absolute Gasteiger partial charge is 0.328 e. The van der Waals surface area contributed by atoms with E-state index >= 15 is 0 Å². The van der Waals surface area contributed by atoms with Gasteiger partial charge in [-0.1, -0.05) is 58.0 Å². The topological polar surface area (TPSA) is 81.4 Å². The van der Waals surface area contributed by atoms with Gasteiger partial charge in [-0.25, -0.2) is 4.79 Å². The Kier molecular flexibility index (Phi) is 7.42. The number of esters is 1. The number of nitrogens with one attached hydrogen (secondary N) is 1. The van der Waals surface area contributed by atoms with E-state index in [-0.39, 0.29) is 23.8 Å². The number of rotatable bonds is 7. The first-order valence-corrected chi connectivity index (χ1v) is 8.43. The maximum Gasteiger partial charge on any atom is 0.328 e. The highest BCUT2D eigenvalue weighted by atomic mass is 16.5. The average Bonchev–Trinajstić information content (AvgIpc) is 2.51. The van der Waals surface area contributed by atoms with Crippen LogP contribution in [0.5, 0.6) is 0 Å². The van der Waals surface area contributed by atoms with Crippen LogP contribution in [-0.2, 0) is 20.7 Å². The Morgan fingerprint density at radius 1 is 1.21 bits per heavy atom.